The number of carbonyl (C=O) groups is 1. The van der Waals surface area contributed by atoms with Crippen LogP contribution in [0.15, 0.2) is 12.1 Å². The Kier molecular flexibility index (Phi) is 4.70. The highest BCUT2D eigenvalue weighted by Crippen LogP contribution is 2.18. The zero-order valence-electron chi connectivity index (χ0n) is 11.7. The smallest absolute Gasteiger partial charge is 0.254 e. The maximum absolute atomic E-state index is 13.6. The van der Waals surface area contributed by atoms with Crippen LogP contribution in [0.25, 0.3) is 0 Å². The molecule has 0 unspecified atom stereocenters. The van der Waals surface area contributed by atoms with Crippen molar-refractivity contribution in [3.63, 3.8) is 0 Å². The number of nitrogens with one attached hydrogen (secondary N) is 1. The van der Waals surface area contributed by atoms with E-state index in [0.29, 0.717) is 6.42 Å². The molecule has 1 fully saturated rings. The zero-order chi connectivity index (χ0) is 14.7. The van der Waals surface area contributed by atoms with Gasteiger partial charge in [-0.2, -0.15) is 0 Å². The van der Waals surface area contributed by atoms with Crippen molar-refractivity contribution in [2.75, 3.05) is 6.61 Å². The normalized spacial score (nSPS) is 19.9. The maximum atomic E-state index is 13.6. The Morgan fingerprint density at radius 1 is 1.45 bits per heavy atom. The molecule has 2 rings (SSSR count). The molecule has 1 aliphatic rings. The number of hydrogen-bond donors (Lipinski definition) is 1. The van der Waals surface area contributed by atoms with E-state index in [1.807, 2.05) is 6.92 Å². The molecule has 1 aromatic rings. The summed E-state index contributed by atoms with van der Waals surface area (Å²) >= 11 is 0. The van der Waals surface area contributed by atoms with Gasteiger partial charge in [-0.15, -0.1) is 0 Å². The van der Waals surface area contributed by atoms with E-state index in [1.165, 1.54) is 13.0 Å². The minimum Gasteiger partial charge on any atom is -0.378 e. The lowest BCUT2D eigenvalue weighted by Crippen LogP contribution is -2.35. The molecule has 0 radical (unpaired) electrons. The topological polar surface area (TPSA) is 38.3 Å². The third kappa shape index (κ3) is 3.54. The number of rotatable bonds is 4. The van der Waals surface area contributed by atoms with Crippen molar-refractivity contribution in [1.82, 2.24) is 5.32 Å². The van der Waals surface area contributed by atoms with E-state index < -0.39 is 17.5 Å². The molecule has 1 aromatic carbocycles. The number of aryl methyl sites for hydroxylation is 1. The van der Waals surface area contributed by atoms with Crippen LogP contribution in [-0.4, -0.2) is 24.7 Å². The molecule has 2 atom stereocenters. The van der Waals surface area contributed by atoms with Crippen LogP contribution in [0.2, 0.25) is 0 Å². The predicted molar refractivity (Wildman–Crippen MR) is 71.6 cm³/mol. The fourth-order valence-corrected chi connectivity index (χ4v) is 2.42. The molecule has 1 aliphatic heterocycles. The van der Waals surface area contributed by atoms with E-state index in [-0.39, 0.29) is 23.3 Å². The SMILES string of the molecule is Cc1cc(C(=O)N[C@H](C)C[C@H]2CCCO2)c(F)cc1F. The van der Waals surface area contributed by atoms with Crippen LogP contribution in [0.4, 0.5) is 8.78 Å². The first-order valence-corrected chi connectivity index (χ1v) is 6.85. The number of amides is 1. The van der Waals surface area contributed by atoms with Crippen molar-refractivity contribution in [3.05, 3.63) is 34.9 Å². The average molecular weight is 283 g/mol. The summed E-state index contributed by atoms with van der Waals surface area (Å²) in [5.74, 6) is -2.00. The van der Waals surface area contributed by atoms with Crippen LogP contribution in [0, 0.1) is 18.6 Å². The summed E-state index contributed by atoms with van der Waals surface area (Å²) in [6.45, 7) is 4.12. The molecule has 0 spiro atoms. The standard InChI is InChI=1S/C15H19F2NO2/c1-9-6-12(14(17)8-13(9)16)15(19)18-10(2)7-11-4-3-5-20-11/h6,8,10-11H,3-5,7H2,1-2H3,(H,18,19)/t10-,11-/m1/s1. The Morgan fingerprint density at radius 3 is 2.85 bits per heavy atom. The zero-order valence-corrected chi connectivity index (χ0v) is 11.7. The van der Waals surface area contributed by atoms with Gasteiger partial charge in [-0.3, -0.25) is 4.79 Å². The second-order valence-electron chi connectivity index (χ2n) is 5.33. The Hall–Kier alpha value is -1.49. The van der Waals surface area contributed by atoms with Crippen molar-refractivity contribution in [3.8, 4) is 0 Å². The number of hydrogen-bond acceptors (Lipinski definition) is 2. The van der Waals surface area contributed by atoms with E-state index in [1.54, 1.807) is 0 Å². The summed E-state index contributed by atoms with van der Waals surface area (Å²) < 4.78 is 32.3. The lowest BCUT2D eigenvalue weighted by atomic mass is 10.1. The van der Waals surface area contributed by atoms with Gasteiger partial charge >= 0.3 is 0 Å². The van der Waals surface area contributed by atoms with Gasteiger partial charge < -0.3 is 10.1 Å². The summed E-state index contributed by atoms with van der Waals surface area (Å²) in [5, 5.41) is 2.73. The first-order valence-electron chi connectivity index (χ1n) is 6.85. The molecule has 1 amide bonds. The average Bonchev–Trinajstić information content (AvgIpc) is 2.86. The lowest BCUT2D eigenvalue weighted by Gasteiger charge is -2.18. The Balaban J connectivity index is 1.98. The second kappa shape index (κ2) is 6.31. The Morgan fingerprint density at radius 2 is 2.20 bits per heavy atom. The highest BCUT2D eigenvalue weighted by Gasteiger charge is 2.21. The highest BCUT2D eigenvalue weighted by molar-refractivity contribution is 5.94. The van der Waals surface area contributed by atoms with Crippen LogP contribution in [0.3, 0.4) is 0 Å². The molecule has 0 aliphatic carbocycles. The molecular formula is C15H19F2NO2. The van der Waals surface area contributed by atoms with Gasteiger partial charge in [0.2, 0.25) is 0 Å². The molecule has 1 N–H and O–H groups in total. The quantitative estimate of drug-likeness (QED) is 0.922. The van der Waals surface area contributed by atoms with Crippen LogP contribution in [-0.2, 0) is 4.74 Å². The molecule has 1 heterocycles. The minimum absolute atomic E-state index is 0.115. The number of benzene rings is 1. The third-order valence-corrected chi connectivity index (χ3v) is 3.51. The largest absolute Gasteiger partial charge is 0.378 e. The molecular weight excluding hydrogens is 264 g/mol. The number of halogens is 2. The van der Waals surface area contributed by atoms with E-state index in [4.69, 9.17) is 4.74 Å². The van der Waals surface area contributed by atoms with Gasteiger partial charge in [0.1, 0.15) is 11.6 Å². The first kappa shape index (κ1) is 14.9. The maximum Gasteiger partial charge on any atom is 0.254 e. The molecule has 0 aromatic heterocycles. The van der Waals surface area contributed by atoms with E-state index >= 15 is 0 Å². The van der Waals surface area contributed by atoms with Gasteiger partial charge in [-0.05, 0) is 44.7 Å². The van der Waals surface area contributed by atoms with Crippen molar-refractivity contribution in [2.24, 2.45) is 0 Å². The third-order valence-electron chi connectivity index (χ3n) is 3.51. The summed E-state index contributed by atoms with van der Waals surface area (Å²) in [6.07, 6.45) is 2.89. The Bertz CT molecular complexity index is 499. The van der Waals surface area contributed by atoms with Gasteiger partial charge in [-0.1, -0.05) is 0 Å². The van der Waals surface area contributed by atoms with E-state index in [0.717, 1.165) is 25.5 Å². The molecule has 20 heavy (non-hydrogen) atoms. The lowest BCUT2D eigenvalue weighted by molar-refractivity contribution is 0.0847. The fraction of sp³-hybridized carbons (Fsp3) is 0.533. The summed E-state index contributed by atoms with van der Waals surface area (Å²) in [7, 11) is 0. The van der Waals surface area contributed by atoms with Crippen molar-refractivity contribution in [2.45, 2.75) is 45.3 Å². The van der Waals surface area contributed by atoms with Gasteiger partial charge in [0.25, 0.3) is 5.91 Å². The van der Waals surface area contributed by atoms with Gasteiger partial charge in [-0.25, -0.2) is 8.78 Å². The first-order chi connectivity index (χ1) is 9.47. The fourth-order valence-electron chi connectivity index (χ4n) is 2.42. The van der Waals surface area contributed by atoms with Gasteiger partial charge in [0, 0.05) is 18.7 Å². The van der Waals surface area contributed by atoms with Crippen molar-refractivity contribution >= 4 is 5.91 Å². The predicted octanol–water partition coefficient (Wildman–Crippen LogP) is 2.96. The van der Waals surface area contributed by atoms with E-state index in [2.05, 4.69) is 5.32 Å². The minimum atomic E-state index is -0.838. The van der Waals surface area contributed by atoms with Crippen LogP contribution in [0.5, 0.6) is 0 Å². The molecule has 110 valence electrons. The van der Waals surface area contributed by atoms with Crippen LogP contribution in [0.1, 0.15) is 42.1 Å². The van der Waals surface area contributed by atoms with Crippen molar-refractivity contribution < 1.29 is 18.3 Å². The summed E-state index contributed by atoms with van der Waals surface area (Å²) in [6, 6.07) is 1.86. The molecule has 0 saturated carbocycles. The number of carbonyl (C=O) groups excluding carboxylic acids is 1. The van der Waals surface area contributed by atoms with Crippen molar-refractivity contribution in [1.29, 1.82) is 0 Å². The van der Waals surface area contributed by atoms with Crippen LogP contribution >= 0.6 is 0 Å². The monoisotopic (exact) mass is 283 g/mol. The highest BCUT2D eigenvalue weighted by atomic mass is 19.1. The second-order valence-corrected chi connectivity index (χ2v) is 5.33. The molecule has 0 bridgehead atoms. The Labute approximate surface area is 117 Å². The van der Waals surface area contributed by atoms with E-state index in [9.17, 15) is 13.6 Å². The summed E-state index contributed by atoms with van der Waals surface area (Å²) in [5.41, 5.74) is 0.131. The van der Waals surface area contributed by atoms with Gasteiger partial charge in [0.15, 0.2) is 0 Å². The molecule has 5 heteroatoms. The van der Waals surface area contributed by atoms with Gasteiger partial charge in [0.05, 0.1) is 11.7 Å². The van der Waals surface area contributed by atoms with Crippen LogP contribution < -0.4 is 5.32 Å². The summed E-state index contributed by atoms with van der Waals surface area (Å²) in [4.78, 5) is 12.0. The molecule has 1 saturated heterocycles. The molecule has 3 nitrogen and oxygen atoms in total. The number of ether oxygens (including phenoxy) is 1.